The van der Waals surface area contributed by atoms with Gasteiger partial charge in [0.2, 0.25) is 0 Å². The van der Waals surface area contributed by atoms with E-state index in [1.54, 1.807) is 0 Å². The molecule has 0 aromatic heterocycles. The maximum atomic E-state index is 12.1. The lowest BCUT2D eigenvalue weighted by molar-refractivity contribution is -0.137. The largest absolute Gasteiger partial charge is 0.417 e. The lowest BCUT2D eigenvalue weighted by Crippen LogP contribution is -2.09. The van der Waals surface area contributed by atoms with E-state index in [0.717, 1.165) is 12.1 Å². The molecule has 0 amide bonds. The zero-order valence-corrected chi connectivity index (χ0v) is 8.30. The van der Waals surface area contributed by atoms with E-state index in [9.17, 15) is 13.2 Å². The summed E-state index contributed by atoms with van der Waals surface area (Å²) in [6.45, 7) is 0. The first-order valence-electron chi connectivity index (χ1n) is 3.28. The van der Waals surface area contributed by atoms with Crippen molar-refractivity contribution in [2.45, 2.75) is 6.18 Å². The van der Waals surface area contributed by atoms with Crippen molar-refractivity contribution in [1.82, 2.24) is 0 Å². The first-order chi connectivity index (χ1) is 5.95. The van der Waals surface area contributed by atoms with Gasteiger partial charge in [0.1, 0.15) is 0 Å². The molecule has 0 radical (unpaired) electrons. The molecule has 7 heteroatoms. The Bertz CT molecular complexity index is 314. The second kappa shape index (κ2) is 4.72. The van der Waals surface area contributed by atoms with E-state index in [0.29, 0.717) is 5.69 Å². The molecule has 0 saturated carbocycles. The molecule has 0 atom stereocenters. The highest BCUT2D eigenvalue weighted by Gasteiger charge is 2.32. The van der Waals surface area contributed by atoms with Crippen LogP contribution in [0.15, 0.2) is 18.2 Å². The Morgan fingerprint density at radius 2 is 1.86 bits per heavy atom. The average molecular weight is 247 g/mol. The maximum absolute atomic E-state index is 12.1. The molecule has 80 valence electrons. The number of anilines is 1. The van der Waals surface area contributed by atoms with Crippen LogP contribution in [0.5, 0.6) is 0 Å². The Kier molecular flexibility index (Phi) is 4.51. The first-order valence-corrected chi connectivity index (χ1v) is 3.66. The summed E-state index contributed by atoms with van der Waals surface area (Å²) in [5.74, 6) is 4.99. The molecule has 1 aromatic rings. The summed E-state index contributed by atoms with van der Waals surface area (Å²) in [4.78, 5) is 0. The third-order valence-corrected chi connectivity index (χ3v) is 1.75. The van der Waals surface area contributed by atoms with E-state index in [-0.39, 0.29) is 17.4 Å². The molecule has 0 heterocycles. The Balaban J connectivity index is 0.00000169. The lowest BCUT2D eigenvalue weighted by Gasteiger charge is -2.09. The molecule has 0 aliphatic heterocycles. The van der Waals surface area contributed by atoms with Crippen LogP contribution in [0.3, 0.4) is 0 Å². The van der Waals surface area contributed by atoms with E-state index in [4.69, 9.17) is 17.4 Å². The second-order valence-corrected chi connectivity index (χ2v) is 2.74. The SMILES string of the molecule is Cl.NNc1ccc(C(F)(F)F)c(Cl)c1. The Hall–Kier alpha value is -0.650. The minimum atomic E-state index is -4.43. The third kappa shape index (κ3) is 2.94. The number of rotatable bonds is 1. The van der Waals surface area contributed by atoms with Crippen LogP contribution < -0.4 is 11.3 Å². The van der Waals surface area contributed by atoms with Crippen LogP contribution >= 0.6 is 24.0 Å². The Labute approximate surface area is 89.6 Å². The Morgan fingerprint density at radius 3 is 2.21 bits per heavy atom. The van der Waals surface area contributed by atoms with E-state index in [2.05, 4.69) is 5.43 Å². The molecule has 0 aliphatic rings. The van der Waals surface area contributed by atoms with Crippen molar-refractivity contribution in [2.24, 2.45) is 5.84 Å². The maximum Gasteiger partial charge on any atom is 0.417 e. The fourth-order valence-electron chi connectivity index (χ4n) is 0.835. The van der Waals surface area contributed by atoms with Gasteiger partial charge in [-0.05, 0) is 18.2 Å². The zero-order chi connectivity index (χ0) is 10.1. The second-order valence-electron chi connectivity index (χ2n) is 2.34. The molecule has 0 spiro atoms. The molecule has 0 bridgehead atoms. The number of halogens is 5. The number of hydrogen-bond donors (Lipinski definition) is 2. The summed E-state index contributed by atoms with van der Waals surface area (Å²) in [6.07, 6.45) is -4.43. The van der Waals surface area contributed by atoms with Gasteiger partial charge in [-0.15, -0.1) is 12.4 Å². The van der Waals surface area contributed by atoms with Gasteiger partial charge in [-0.3, -0.25) is 5.84 Å². The fraction of sp³-hybridized carbons (Fsp3) is 0.143. The van der Waals surface area contributed by atoms with Crippen molar-refractivity contribution >= 4 is 29.7 Å². The van der Waals surface area contributed by atoms with Gasteiger partial charge in [-0.25, -0.2) is 0 Å². The van der Waals surface area contributed by atoms with Gasteiger partial charge in [0, 0.05) is 5.69 Å². The van der Waals surface area contributed by atoms with Crippen molar-refractivity contribution in [3.63, 3.8) is 0 Å². The summed E-state index contributed by atoms with van der Waals surface area (Å²) >= 11 is 5.38. The Morgan fingerprint density at radius 1 is 1.29 bits per heavy atom. The molecule has 0 unspecified atom stereocenters. The lowest BCUT2D eigenvalue weighted by atomic mass is 10.2. The number of hydrogen-bond acceptors (Lipinski definition) is 2. The number of hydrazine groups is 1. The van der Waals surface area contributed by atoms with E-state index < -0.39 is 11.7 Å². The highest BCUT2D eigenvalue weighted by Crippen LogP contribution is 2.35. The van der Waals surface area contributed by atoms with Gasteiger partial charge in [0.15, 0.2) is 0 Å². The molecular formula is C7H7Cl2F3N2. The molecule has 0 saturated heterocycles. The monoisotopic (exact) mass is 246 g/mol. The van der Waals surface area contributed by atoms with Crippen molar-refractivity contribution in [2.75, 3.05) is 5.43 Å². The van der Waals surface area contributed by atoms with E-state index in [1.165, 1.54) is 6.07 Å². The van der Waals surface area contributed by atoms with Gasteiger partial charge < -0.3 is 5.43 Å². The van der Waals surface area contributed by atoms with Crippen LogP contribution in [0.25, 0.3) is 0 Å². The van der Waals surface area contributed by atoms with Crippen LogP contribution in [-0.4, -0.2) is 0 Å². The first kappa shape index (κ1) is 13.4. The number of nitrogen functional groups attached to an aromatic ring is 1. The summed E-state index contributed by atoms with van der Waals surface area (Å²) < 4.78 is 36.4. The topological polar surface area (TPSA) is 38.0 Å². The van der Waals surface area contributed by atoms with Crippen LogP contribution in [-0.2, 0) is 6.18 Å². The van der Waals surface area contributed by atoms with E-state index in [1.807, 2.05) is 0 Å². The highest BCUT2D eigenvalue weighted by molar-refractivity contribution is 6.31. The number of nitrogens with one attached hydrogen (secondary N) is 1. The van der Waals surface area contributed by atoms with Crippen molar-refractivity contribution < 1.29 is 13.2 Å². The van der Waals surface area contributed by atoms with Crippen LogP contribution in [0.2, 0.25) is 5.02 Å². The average Bonchev–Trinajstić information content (AvgIpc) is 2.01. The predicted molar refractivity (Wildman–Crippen MR) is 51.5 cm³/mol. The molecule has 3 N–H and O–H groups in total. The fourth-order valence-corrected chi connectivity index (χ4v) is 1.12. The summed E-state index contributed by atoms with van der Waals surface area (Å²) in [7, 11) is 0. The van der Waals surface area contributed by atoms with Crippen LogP contribution in [0.1, 0.15) is 5.56 Å². The minimum Gasteiger partial charge on any atom is -0.324 e. The van der Waals surface area contributed by atoms with Crippen molar-refractivity contribution in [3.05, 3.63) is 28.8 Å². The minimum absolute atomic E-state index is 0. The smallest absolute Gasteiger partial charge is 0.324 e. The third-order valence-electron chi connectivity index (χ3n) is 1.44. The summed E-state index contributed by atoms with van der Waals surface area (Å²) in [5, 5.41) is -0.372. The van der Waals surface area contributed by atoms with Crippen LogP contribution in [0, 0.1) is 0 Å². The quantitative estimate of drug-likeness (QED) is 0.591. The zero-order valence-electron chi connectivity index (χ0n) is 6.73. The van der Waals surface area contributed by atoms with Crippen molar-refractivity contribution in [1.29, 1.82) is 0 Å². The van der Waals surface area contributed by atoms with Gasteiger partial charge in [-0.2, -0.15) is 13.2 Å². The number of alkyl halides is 3. The predicted octanol–water partition coefficient (Wildman–Crippen LogP) is 3.07. The molecular weight excluding hydrogens is 240 g/mol. The standard InChI is InChI=1S/C7H6ClF3N2.ClH/c8-6-3-4(13-12)1-2-5(6)7(9,10)11;/h1-3,13H,12H2;1H. The molecule has 0 fully saturated rings. The highest BCUT2D eigenvalue weighted by atomic mass is 35.5. The van der Waals surface area contributed by atoms with E-state index >= 15 is 0 Å². The van der Waals surface area contributed by atoms with Gasteiger partial charge in [-0.1, -0.05) is 11.6 Å². The van der Waals surface area contributed by atoms with Gasteiger partial charge in [0.05, 0.1) is 10.6 Å². The van der Waals surface area contributed by atoms with Crippen LogP contribution in [0.4, 0.5) is 18.9 Å². The molecule has 14 heavy (non-hydrogen) atoms. The number of benzene rings is 1. The van der Waals surface area contributed by atoms with Crippen molar-refractivity contribution in [3.8, 4) is 0 Å². The van der Waals surface area contributed by atoms with Gasteiger partial charge in [0.25, 0.3) is 0 Å². The normalized spacial score (nSPS) is 10.6. The number of nitrogens with two attached hydrogens (primary N) is 1. The van der Waals surface area contributed by atoms with Gasteiger partial charge >= 0.3 is 6.18 Å². The molecule has 2 nitrogen and oxygen atoms in total. The molecule has 1 rings (SSSR count). The summed E-state index contributed by atoms with van der Waals surface area (Å²) in [6, 6.07) is 3.19. The molecule has 0 aliphatic carbocycles. The summed E-state index contributed by atoms with van der Waals surface area (Å²) in [5.41, 5.74) is 1.66. The molecule has 1 aromatic carbocycles.